The number of imidazole rings is 1. The Hall–Kier alpha value is -2.37. The van der Waals surface area contributed by atoms with Crippen molar-refractivity contribution < 1.29 is 9.59 Å². The molecule has 0 bridgehead atoms. The van der Waals surface area contributed by atoms with Crippen molar-refractivity contribution in [3.05, 3.63) is 30.6 Å². The van der Waals surface area contributed by atoms with Gasteiger partial charge in [-0.2, -0.15) is 0 Å². The summed E-state index contributed by atoms with van der Waals surface area (Å²) in [5, 5.41) is 2.80. The number of nitrogens with zero attached hydrogens (tertiary/aromatic N) is 2. The molecule has 2 atom stereocenters. The smallest absolute Gasteiger partial charge is 0.240 e. The second-order valence-electron chi connectivity index (χ2n) is 5.50. The molecule has 1 saturated carbocycles. The lowest BCUT2D eigenvalue weighted by Crippen LogP contribution is -2.31. The highest BCUT2D eigenvalue weighted by atomic mass is 16.2. The topological polar surface area (TPSA) is 76.0 Å². The van der Waals surface area contributed by atoms with Gasteiger partial charge in [-0.15, -0.1) is 0 Å². The Morgan fingerprint density at radius 3 is 2.90 bits per heavy atom. The highest BCUT2D eigenvalue weighted by molar-refractivity contribution is 5.87. The fourth-order valence-electron chi connectivity index (χ4n) is 2.36. The molecule has 2 aromatic rings. The van der Waals surface area contributed by atoms with Crippen molar-refractivity contribution >= 4 is 22.8 Å². The van der Waals surface area contributed by atoms with Crippen molar-refractivity contribution in [3.8, 4) is 0 Å². The summed E-state index contributed by atoms with van der Waals surface area (Å²) in [4.78, 5) is 27.7. The normalized spacial score (nSPS) is 20.2. The number of benzene rings is 1. The van der Waals surface area contributed by atoms with Crippen LogP contribution in [0.3, 0.4) is 0 Å². The predicted octanol–water partition coefficient (Wildman–Crippen LogP) is 1.27. The van der Waals surface area contributed by atoms with Crippen molar-refractivity contribution in [2.75, 3.05) is 12.0 Å². The van der Waals surface area contributed by atoms with Gasteiger partial charge in [-0.1, -0.05) is 19.1 Å². The van der Waals surface area contributed by atoms with Crippen molar-refractivity contribution in [2.24, 2.45) is 11.8 Å². The van der Waals surface area contributed by atoms with Crippen molar-refractivity contribution in [3.63, 3.8) is 0 Å². The highest BCUT2D eigenvalue weighted by Crippen LogP contribution is 2.37. The van der Waals surface area contributed by atoms with Crippen LogP contribution in [0.1, 0.15) is 19.8 Å². The maximum Gasteiger partial charge on any atom is 0.240 e. The Morgan fingerprint density at radius 2 is 2.14 bits per heavy atom. The number of nitrogens with one attached hydrogen (secondary N) is 2. The number of amides is 2. The third kappa shape index (κ3) is 3.04. The van der Waals surface area contributed by atoms with Gasteiger partial charge in [-0.3, -0.25) is 15.0 Å². The Kier molecular flexibility index (Phi) is 3.60. The van der Waals surface area contributed by atoms with Crippen molar-refractivity contribution in [2.45, 2.75) is 19.8 Å². The fraction of sp³-hybridized carbons (Fsp3) is 0.400. The molecule has 1 aromatic heterocycles. The molecular weight excluding hydrogens is 268 g/mol. The minimum atomic E-state index is -0.151. The van der Waals surface area contributed by atoms with Gasteiger partial charge >= 0.3 is 0 Å². The number of fused-ring (bicyclic) bond motifs is 1. The monoisotopic (exact) mass is 286 g/mol. The Bertz CT molecular complexity index is 679. The van der Waals surface area contributed by atoms with E-state index in [0.29, 0.717) is 12.5 Å². The number of carbonyl (C=O) groups is 2. The Morgan fingerprint density at radius 1 is 1.38 bits per heavy atom. The quantitative estimate of drug-likeness (QED) is 0.869. The van der Waals surface area contributed by atoms with Gasteiger partial charge in [0.1, 0.15) is 6.33 Å². The number of hydrogen-bond acceptors (Lipinski definition) is 3. The van der Waals surface area contributed by atoms with E-state index in [-0.39, 0.29) is 24.2 Å². The minimum absolute atomic E-state index is 0.0587. The van der Waals surface area contributed by atoms with E-state index in [9.17, 15) is 9.59 Å². The van der Waals surface area contributed by atoms with Crippen molar-refractivity contribution in [1.82, 2.24) is 15.0 Å². The van der Waals surface area contributed by atoms with Crippen LogP contribution in [0.2, 0.25) is 0 Å². The van der Waals surface area contributed by atoms with Gasteiger partial charge in [-0.25, -0.2) is 9.66 Å². The molecule has 0 aliphatic heterocycles. The molecule has 1 aliphatic rings. The standard InChI is InChI=1S/C15H18N4O2/c1-10-8-11(10)15(21)16-7-6-14(20)18-19-9-17-12-4-2-3-5-13(12)19/h2-5,9-11H,6-8H2,1H3,(H,16,21)(H,18,20). The van der Waals surface area contributed by atoms with Gasteiger partial charge in [-0.05, 0) is 24.5 Å². The fourth-order valence-corrected chi connectivity index (χ4v) is 2.36. The zero-order valence-electron chi connectivity index (χ0n) is 11.9. The number of hydrogen-bond donors (Lipinski definition) is 2. The molecule has 6 heteroatoms. The van der Waals surface area contributed by atoms with Crippen LogP contribution in [0.15, 0.2) is 30.6 Å². The number of rotatable bonds is 5. The van der Waals surface area contributed by atoms with Crippen LogP contribution in [-0.4, -0.2) is 28.0 Å². The van der Waals surface area contributed by atoms with Crippen LogP contribution in [0.4, 0.5) is 0 Å². The minimum Gasteiger partial charge on any atom is -0.355 e. The first kappa shape index (κ1) is 13.6. The maximum atomic E-state index is 11.9. The lowest BCUT2D eigenvalue weighted by atomic mass is 10.3. The molecule has 0 saturated heterocycles. The average Bonchev–Trinajstić information content (AvgIpc) is 3.07. The van der Waals surface area contributed by atoms with Crippen molar-refractivity contribution in [1.29, 1.82) is 0 Å². The van der Waals surface area contributed by atoms with Gasteiger partial charge in [0, 0.05) is 18.9 Å². The second-order valence-corrected chi connectivity index (χ2v) is 5.50. The van der Waals surface area contributed by atoms with E-state index in [1.807, 2.05) is 24.3 Å². The predicted molar refractivity (Wildman–Crippen MR) is 79.0 cm³/mol. The van der Waals surface area contributed by atoms with Crippen LogP contribution in [-0.2, 0) is 9.59 Å². The maximum absolute atomic E-state index is 11.9. The van der Waals surface area contributed by atoms with Crippen LogP contribution in [0, 0.1) is 11.8 Å². The molecule has 110 valence electrons. The summed E-state index contributed by atoms with van der Waals surface area (Å²) in [6.45, 7) is 2.42. The zero-order valence-corrected chi connectivity index (χ0v) is 11.9. The van der Waals surface area contributed by atoms with E-state index in [1.54, 1.807) is 11.0 Å². The van der Waals surface area contributed by atoms with Gasteiger partial charge in [0.05, 0.1) is 11.0 Å². The van der Waals surface area contributed by atoms with Gasteiger partial charge < -0.3 is 5.32 Å². The van der Waals surface area contributed by atoms with E-state index < -0.39 is 0 Å². The first-order valence-corrected chi connectivity index (χ1v) is 7.15. The van der Waals surface area contributed by atoms with E-state index in [2.05, 4.69) is 22.7 Å². The average molecular weight is 286 g/mol. The van der Waals surface area contributed by atoms with E-state index >= 15 is 0 Å². The van der Waals surface area contributed by atoms with E-state index in [1.165, 1.54) is 0 Å². The SMILES string of the molecule is CC1CC1C(=O)NCCC(=O)Nn1cnc2ccccc21. The summed E-state index contributed by atoms with van der Waals surface area (Å²) >= 11 is 0. The van der Waals surface area contributed by atoms with Crippen LogP contribution < -0.4 is 10.7 Å². The Labute approximate surface area is 122 Å². The number of aromatic nitrogens is 2. The van der Waals surface area contributed by atoms with E-state index in [0.717, 1.165) is 17.5 Å². The van der Waals surface area contributed by atoms with Gasteiger partial charge in [0.2, 0.25) is 11.8 Å². The summed E-state index contributed by atoms with van der Waals surface area (Å²) in [7, 11) is 0. The highest BCUT2D eigenvalue weighted by Gasteiger charge is 2.38. The molecular formula is C15H18N4O2. The summed E-state index contributed by atoms with van der Waals surface area (Å²) < 4.78 is 1.60. The van der Waals surface area contributed by atoms with Gasteiger partial charge in [0.25, 0.3) is 0 Å². The molecule has 6 nitrogen and oxygen atoms in total. The molecule has 1 aliphatic carbocycles. The summed E-state index contributed by atoms with van der Waals surface area (Å²) in [6.07, 6.45) is 2.78. The first-order chi connectivity index (χ1) is 10.1. The summed E-state index contributed by atoms with van der Waals surface area (Å²) in [6, 6.07) is 7.56. The molecule has 2 N–H and O–H groups in total. The number of carbonyl (C=O) groups excluding carboxylic acids is 2. The lowest BCUT2D eigenvalue weighted by molar-refractivity contribution is -0.122. The molecule has 0 spiro atoms. The molecule has 2 unspecified atom stereocenters. The molecule has 3 rings (SSSR count). The second kappa shape index (κ2) is 5.55. The molecule has 21 heavy (non-hydrogen) atoms. The molecule has 0 radical (unpaired) electrons. The molecule has 1 fully saturated rings. The lowest BCUT2D eigenvalue weighted by Gasteiger charge is -2.08. The van der Waals surface area contributed by atoms with E-state index in [4.69, 9.17) is 0 Å². The first-order valence-electron chi connectivity index (χ1n) is 7.15. The molecule has 1 aromatic carbocycles. The van der Waals surface area contributed by atoms with Crippen LogP contribution in [0.25, 0.3) is 11.0 Å². The largest absolute Gasteiger partial charge is 0.355 e. The molecule has 2 amide bonds. The Balaban J connectivity index is 1.49. The third-order valence-corrected chi connectivity index (χ3v) is 3.80. The third-order valence-electron chi connectivity index (χ3n) is 3.80. The summed E-state index contributed by atoms with van der Waals surface area (Å²) in [5.74, 6) is 0.535. The zero-order chi connectivity index (χ0) is 14.8. The molecule has 1 heterocycles. The van der Waals surface area contributed by atoms with Crippen LogP contribution in [0.5, 0.6) is 0 Å². The van der Waals surface area contributed by atoms with Crippen LogP contribution >= 0.6 is 0 Å². The number of para-hydroxylation sites is 2. The van der Waals surface area contributed by atoms with Gasteiger partial charge in [0.15, 0.2) is 0 Å². The summed E-state index contributed by atoms with van der Waals surface area (Å²) in [5.41, 5.74) is 4.43.